The van der Waals surface area contributed by atoms with Crippen molar-refractivity contribution in [2.24, 2.45) is 5.73 Å². The molecular weight excluding hydrogens is 367 g/mol. The third-order valence-corrected chi connectivity index (χ3v) is 5.40. The van der Waals surface area contributed by atoms with Gasteiger partial charge in [-0.2, -0.15) is 0 Å². The molecule has 0 atom stereocenters. The molecule has 0 radical (unpaired) electrons. The standard InChI is InChI=1S/C20H26ClFN4O/c1-12(2)18-17(14-7-13(10-22)8-15(21)9-14)24-19-20(3,4)26(16(27)11-23)6-5-25(18)19/h7-9,12H,5-6,10-11,23H2,1-4H3. The number of imidazole rings is 1. The van der Waals surface area contributed by atoms with Gasteiger partial charge in [-0.05, 0) is 43.5 Å². The van der Waals surface area contributed by atoms with E-state index in [-0.39, 0.29) is 18.4 Å². The van der Waals surface area contributed by atoms with Crippen molar-refractivity contribution >= 4 is 17.5 Å². The first kappa shape index (κ1) is 19.8. The molecule has 0 aliphatic carbocycles. The Morgan fingerprint density at radius 2 is 2.04 bits per heavy atom. The van der Waals surface area contributed by atoms with Crippen LogP contribution in [-0.4, -0.2) is 33.4 Å². The zero-order valence-electron chi connectivity index (χ0n) is 16.2. The van der Waals surface area contributed by atoms with E-state index in [4.69, 9.17) is 22.3 Å². The Morgan fingerprint density at radius 3 is 2.63 bits per heavy atom. The highest BCUT2D eigenvalue weighted by Gasteiger charge is 2.41. The molecule has 3 rings (SSSR count). The van der Waals surface area contributed by atoms with E-state index in [1.165, 1.54) is 0 Å². The van der Waals surface area contributed by atoms with Gasteiger partial charge in [0.2, 0.25) is 5.91 Å². The van der Waals surface area contributed by atoms with Gasteiger partial charge in [0.25, 0.3) is 0 Å². The summed E-state index contributed by atoms with van der Waals surface area (Å²) >= 11 is 6.21. The lowest BCUT2D eigenvalue weighted by molar-refractivity contribution is -0.137. The van der Waals surface area contributed by atoms with Gasteiger partial charge in [-0.1, -0.05) is 25.4 Å². The van der Waals surface area contributed by atoms with Crippen LogP contribution in [0.3, 0.4) is 0 Å². The predicted molar refractivity (Wildman–Crippen MR) is 105 cm³/mol. The summed E-state index contributed by atoms with van der Waals surface area (Å²) < 4.78 is 15.4. The first-order chi connectivity index (χ1) is 12.7. The molecule has 0 saturated heterocycles. The van der Waals surface area contributed by atoms with Crippen LogP contribution in [0.5, 0.6) is 0 Å². The van der Waals surface area contributed by atoms with E-state index in [0.717, 1.165) is 22.8 Å². The highest BCUT2D eigenvalue weighted by atomic mass is 35.5. The number of nitrogens with zero attached hydrogens (tertiary/aromatic N) is 3. The average Bonchev–Trinajstić information content (AvgIpc) is 3.01. The summed E-state index contributed by atoms with van der Waals surface area (Å²) in [6.45, 7) is 8.81. The number of rotatable bonds is 4. The quantitative estimate of drug-likeness (QED) is 0.859. The van der Waals surface area contributed by atoms with Gasteiger partial charge in [0.05, 0.1) is 17.8 Å². The highest BCUT2D eigenvalue weighted by Crippen LogP contribution is 2.39. The van der Waals surface area contributed by atoms with Crippen LogP contribution >= 0.6 is 11.6 Å². The van der Waals surface area contributed by atoms with Crippen molar-refractivity contribution in [3.63, 3.8) is 0 Å². The molecule has 2 aromatic rings. The van der Waals surface area contributed by atoms with Crippen molar-refractivity contribution in [3.8, 4) is 11.3 Å². The summed E-state index contributed by atoms with van der Waals surface area (Å²) in [5.41, 5.74) is 8.21. The molecule has 0 spiro atoms. The second-order valence-electron chi connectivity index (χ2n) is 7.77. The van der Waals surface area contributed by atoms with Crippen LogP contribution in [-0.2, 0) is 23.6 Å². The van der Waals surface area contributed by atoms with Gasteiger partial charge in [0.1, 0.15) is 12.5 Å². The van der Waals surface area contributed by atoms with Gasteiger partial charge < -0.3 is 15.2 Å². The van der Waals surface area contributed by atoms with E-state index < -0.39 is 12.2 Å². The second-order valence-corrected chi connectivity index (χ2v) is 8.20. The van der Waals surface area contributed by atoms with E-state index in [0.29, 0.717) is 23.7 Å². The average molecular weight is 393 g/mol. The molecule has 1 aliphatic heterocycles. The SMILES string of the molecule is CC(C)c1c(-c2cc(Cl)cc(CF)c2)nc2n1CCN(C(=O)CN)C2(C)C. The number of fused-ring (bicyclic) bond motifs is 1. The molecule has 2 N–H and O–H groups in total. The minimum Gasteiger partial charge on any atom is -0.327 e. The number of nitrogens with two attached hydrogens (primary N) is 1. The van der Waals surface area contributed by atoms with E-state index >= 15 is 0 Å². The predicted octanol–water partition coefficient (Wildman–Crippen LogP) is 3.83. The number of aromatic nitrogens is 2. The topological polar surface area (TPSA) is 64.2 Å². The number of benzene rings is 1. The summed E-state index contributed by atoms with van der Waals surface area (Å²) in [5, 5.41) is 0.486. The maximum absolute atomic E-state index is 13.2. The molecule has 1 amide bonds. The van der Waals surface area contributed by atoms with Crippen LogP contribution in [0.4, 0.5) is 4.39 Å². The van der Waals surface area contributed by atoms with Crippen LogP contribution in [0.25, 0.3) is 11.3 Å². The number of hydrogen-bond donors (Lipinski definition) is 1. The van der Waals surface area contributed by atoms with E-state index in [1.807, 2.05) is 19.9 Å². The minimum absolute atomic E-state index is 0.0256. The van der Waals surface area contributed by atoms with Gasteiger partial charge in [-0.15, -0.1) is 0 Å². The molecule has 1 aliphatic rings. The molecule has 7 heteroatoms. The molecule has 1 aromatic heterocycles. The molecule has 0 unspecified atom stereocenters. The number of hydrogen-bond acceptors (Lipinski definition) is 3. The van der Waals surface area contributed by atoms with Crippen molar-refractivity contribution in [1.29, 1.82) is 0 Å². The molecule has 146 valence electrons. The summed E-state index contributed by atoms with van der Waals surface area (Å²) in [5.74, 6) is 0.932. The fourth-order valence-corrected chi connectivity index (χ4v) is 4.23. The number of amides is 1. The molecule has 27 heavy (non-hydrogen) atoms. The minimum atomic E-state index is -0.585. The molecule has 5 nitrogen and oxygen atoms in total. The first-order valence-electron chi connectivity index (χ1n) is 9.18. The van der Waals surface area contributed by atoms with Gasteiger partial charge >= 0.3 is 0 Å². The summed E-state index contributed by atoms with van der Waals surface area (Å²) in [4.78, 5) is 19.0. The molecule has 2 heterocycles. The van der Waals surface area contributed by atoms with Crippen molar-refractivity contribution in [3.05, 3.63) is 40.3 Å². The Hall–Kier alpha value is -1.92. The third-order valence-electron chi connectivity index (χ3n) is 5.18. The van der Waals surface area contributed by atoms with E-state index in [2.05, 4.69) is 18.4 Å². The zero-order chi connectivity index (χ0) is 19.9. The summed E-state index contributed by atoms with van der Waals surface area (Å²) in [6.07, 6.45) is 0. The van der Waals surface area contributed by atoms with Gasteiger partial charge in [-0.25, -0.2) is 9.37 Å². The van der Waals surface area contributed by atoms with Crippen molar-refractivity contribution in [1.82, 2.24) is 14.5 Å². The molecule has 0 fully saturated rings. The summed E-state index contributed by atoms with van der Waals surface area (Å²) in [6, 6.07) is 5.24. The molecule has 0 saturated carbocycles. The van der Waals surface area contributed by atoms with Crippen LogP contribution < -0.4 is 5.73 Å². The lowest BCUT2D eigenvalue weighted by Gasteiger charge is -2.42. The smallest absolute Gasteiger partial charge is 0.237 e. The number of carbonyl (C=O) groups is 1. The Balaban J connectivity index is 2.21. The van der Waals surface area contributed by atoms with Gasteiger partial charge in [0, 0.05) is 29.4 Å². The zero-order valence-corrected chi connectivity index (χ0v) is 17.0. The number of halogens is 2. The second kappa shape index (κ2) is 7.24. The third kappa shape index (κ3) is 3.36. The fraction of sp³-hybridized carbons (Fsp3) is 0.500. The number of carbonyl (C=O) groups excluding carboxylic acids is 1. The van der Waals surface area contributed by atoms with Crippen LogP contribution in [0.2, 0.25) is 5.02 Å². The van der Waals surface area contributed by atoms with Gasteiger partial charge in [0.15, 0.2) is 0 Å². The maximum atomic E-state index is 13.2. The molecule has 1 aromatic carbocycles. The Bertz CT molecular complexity index is 875. The first-order valence-corrected chi connectivity index (χ1v) is 9.55. The maximum Gasteiger partial charge on any atom is 0.237 e. The monoisotopic (exact) mass is 392 g/mol. The van der Waals surface area contributed by atoms with Crippen molar-refractivity contribution in [2.75, 3.05) is 13.1 Å². The lowest BCUT2D eigenvalue weighted by Crippen LogP contribution is -2.53. The Labute approximate surface area is 164 Å². The fourth-order valence-electron chi connectivity index (χ4n) is 3.97. The van der Waals surface area contributed by atoms with Crippen molar-refractivity contribution in [2.45, 2.75) is 52.4 Å². The molecular formula is C20H26ClFN4O. The van der Waals surface area contributed by atoms with Crippen molar-refractivity contribution < 1.29 is 9.18 Å². The largest absolute Gasteiger partial charge is 0.327 e. The van der Waals surface area contributed by atoms with Crippen LogP contribution in [0, 0.1) is 0 Å². The Morgan fingerprint density at radius 1 is 1.33 bits per heavy atom. The van der Waals surface area contributed by atoms with E-state index in [9.17, 15) is 9.18 Å². The highest BCUT2D eigenvalue weighted by molar-refractivity contribution is 6.31. The normalized spacial score (nSPS) is 15.9. The number of alkyl halides is 1. The lowest BCUT2D eigenvalue weighted by atomic mass is 9.98. The van der Waals surface area contributed by atoms with Crippen LogP contribution in [0.15, 0.2) is 18.2 Å². The van der Waals surface area contributed by atoms with Crippen LogP contribution in [0.1, 0.15) is 50.7 Å². The Kier molecular flexibility index (Phi) is 5.32. The van der Waals surface area contributed by atoms with Gasteiger partial charge in [-0.3, -0.25) is 4.79 Å². The van der Waals surface area contributed by atoms with E-state index in [1.54, 1.807) is 17.0 Å². The molecule has 0 bridgehead atoms. The summed E-state index contributed by atoms with van der Waals surface area (Å²) in [7, 11) is 0.